The summed E-state index contributed by atoms with van der Waals surface area (Å²) in [7, 11) is 1.29. The molecule has 8 nitrogen and oxygen atoms in total. The maximum Gasteiger partial charge on any atom is 0.337 e. The van der Waals surface area contributed by atoms with Crippen LogP contribution in [-0.4, -0.2) is 17.7 Å². The number of hydrogen-bond acceptors (Lipinski definition) is 7. The number of nitriles is 2. The average molecular weight is 450 g/mol. The Morgan fingerprint density at radius 3 is 2.65 bits per heavy atom. The summed E-state index contributed by atoms with van der Waals surface area (Å²) in [6, 6.07) is 4.67. The third kappa shape index (κ3) is 3.34. The second-order valence-corrected chi connectivity index (χ2v) is 5.17. The second-order valence-electron chi connectivity index (χ2n) is 3.15. The summed E-state index contributed by atoms with van der Waals surface area (Å²) in [4.78, 5) is 10.5. The molecule has 1 aromatic carbocycles. The first-order valence-electron chi connectivity index (χ1n) is 4.80. The highest BCUT2D eigenvalue weighted by molar-refractivity contribution is 14.1. The molecular formula is C10H5BrIN5O3. The van der Waals surface area contributed by atoms with Crippen molar-refractivity contribution in [3.8, 4) is 17.9 Å². The number of hydrogen-bond donors (Lipinski definition) is 1. The Morgan fingerprint density at radius 2 is 2.20 bits per heavy atom. The number of nitro benzene ring substituents is 1. The Labute approximate surface area is 135 Å². The van der Waals surface area contributed by atoms with Gasteiger partial charge in [0.2, 0.25) is 11.5 Å². The number of rotatable bonds is 4. The van der Waals surface area contributed by atoms with Crippen molar-refractivity contribution in [2.45, 2.75) is 0 Å². The van der Waals surface area contributed by atoms with Crippen LogP contribution in [0.4, 0.5) is 11.4 Å². The molecule has 1 N–H and O–H groups in total. The Balaban J connectivity index is 3.47. The van der Waals surface area contributed by atoms with E-state index in [-0.39, 0.29) is 17.1 Å². The first kappa shape index (κ1) is 16.1. The van der Waals surface area contributed by atoms with Gasteiger partial charge in [0.15, 0.2) is 5.69 Å². The smallest absolute Gasteiger partial charge is 0.337 e. The van der Waals surface area contributed by atoms with Gasteiger partial charge in [0.05, 0.1) is 16.5 Å². The maximum atomic E-state index is 11.2. The van der Waals surface area contributed by atoms with Gasteiger partial charge in [-0.25, -0.2) is 0 Å². The van der Waals surface area contributed by atoms with Crippen LogP contribution in [0, 0.1) is 36.3 Å². The van der Waals surface area contributed by atoms with Crippen molar-refractivity contribution in [1.82, 2.24) is 0 Å². The summed E-state index contributed by atoms with van der Waals surface area (Å²) in [6.07, 6.45) is 0. The maximum absolute atomic E-state index is 11.2. The fourth-order valence-corrected chi connectivity index (χ4v) is 2.94. The molecule has 1 aromatic rings. The lowest BCUT2D eigenvalue weighted by Crippen LogP contribution is -2.04. The lowest BCUT2D eigenvalue weighted by Gasteiger charge is -2.10. The topological polar surface area (TPSA) is 124 Å². The number of halogens is 2. The van der Waals surface area contributed by atoms with Crippen LogP contribution in [0.25, 0.3) is 0 Å². The molecule has 0 aliphatic heterocycles. The molecule has 0 saturated carbocycles. The zero-order valence-electron chi connectivity index (χ0n) is 9.85. The summed E-state index contributed by atoms with van der Waals surface area (Å²) in [5.74, 6) is 0.0172. The predicted octanol–water partition coefficient (Wildman–Crippen LogP) is 2.79. The van der Waals surface area contributed by atoms with E-state index in [9.17, 15) is 10.1 Å². The van der Waals surface area contributed by atoms with Crippen LogP contribution in [-0.2, 0) is 0 Å². The van der Waals surface area contributed by atoms with E-state index in [4.69, 9.17) is 15.3 Å². The zero-order chi connectivity index (χ0) is 15.3. The van der Waals surface area contributed by atoms with Crippen molar-refractivity contribution in [2.24, 2.45) is 5.10 Å². The molecule has 10 heteroatoms. The van der Waals surface area contributed by atoms with Crippen molar-refractivity contribution >= 4 is 55.6 Å². The molecule has 1 rings (SSSR count). The molecule has 0 amide bonds. The lowest BCUT2D eigenvalue weighted by molar-refractivity contribution is -0.385. The number of anilines is 1. The molecule has 0 radical (unpaired) electrons. The number of benzene rings is 1. The van der Waals surface area contributed by atoms with Crippen LogP contribution in [0.15, 0.2) is 15.6 Å². The zero-order valence-corrected chi connectivity index (χ0v) is 13.6. The molecular weight excluding hydrogens is 445 g/mol. The van der Waals surface area contributed by atoms with E-state index < -0.39 is 10.6 Å². The standard InChI is InChI=1S/C10H5BrIN5O3/c1-20-10-6(11)2-7(12)8(9(10)17(18)19)16-15-5(3-13)4-14/h2,16H,1H3. The molecule has 0 unspecified atom stereocenters. The molecule has 0 bridgehead atoms. The highest BCUT2D eigenvalue weighted by atomic mass is 127. The number of methoxy groups -OCH3 is 1. The lowest BCUT2D eigenvalue weighted by atomic mass is 10.2. The number of ether oxygens (including phenoxy) is 1. The molecule has 0 fully saturated rings. The van der Waals surface area contributed by atoms with E-state index in [2.05, 4.69) is 26.5 Å². The van der Waals surface area contributed by atoms with Gasteiger partial charge in [-0.3, -0.25) is 15.5 Å². The Morgan fingerprint density at radius 1 is 1.60 bits per heavy atom. The second kappa shape index (κ2) is 7.02. The molecule has 102 valence electrons. The van der Waals surface area contributed by atoms with E-state index in [1.807, 2.05) is 22.6 Å². The van der Waals surface area contributed by atoms with E-state index in [1.165, 1.54) is 7.11 Å². The summed E-state index contributed by atoms with van der Waals surface area (Å²) in [5.41, 5.74) is 1.61. The van der Waals surface area contributed by atoms with Crippen molar-refractivity contribution < 1.29 is 9.66 Å². The summed E-state index contributed by atoms with van der Waals surface area (Å²) < 4.78 is 5.86. The Hall–Kier alpha value is -1.92. The summed E-state index contributed by atoms with van der Waals surface area (Å²) in [6.45, 7) is 0. The van der Waals surface area contributed by atoms with Crippen LogP contribution in [0.2, 0.25) is 0 Å². The first-order chi connectivity index (χ1) is 9.46. The highest BCUT2D eigenvalue weighted by Crippen LogP contribution is 2.43. The minimum absolute atomic E-state index is 0.0172. The fourth-order valence-electron chi connectivity index (χ4n) is 1.25. The van der Waals surface area contributed by atoms with Crippen molar-refractivity contribution in [2.75, 3.05) is 12.5 Å². The molecule has 0 aliphatic carbocycles. The minimum Gasteiger partial charge on any atom is -0.489 e. The number of nitro groups is 1. The van der Waals surface area contributed by atoms with E-state index in [1.54, 1.807) is 18.2 Å². The number of hydrazone groups is 1. The van der Waals surface area contributed by atoms with Crippen LogP contribution >= 0.6 is 38.5 Å². The number of nitrogens with zero attached hydrogens (tertiary/aromatic N) is 4. The molecule has 0 atom stereocenters. The normalized spacial score (nSPS) is 9.05. The highest BCUT2D eigenvalue weighted by Gasteiger charge is 2.26. The first-order valence-corrected chi connectivity index (χ1v) is 6.67. The van der Waals surface area contributed by atoms with Gasteiger partial charge in [-0.05, 0) is 44.6 Å². The van der Waals surface area contributed by atoms with Gasteiger partial charge < -0.3 is 4.74 Å². The minimum atomic E-state index is -0.637. The van der Waals surface area contributed by atoms with Gasteiger partial charge >= 0.3 is 5.69 Å². The number of nitrogens with one attached hydrogen (secondary N) is 1. The Kier molecular flexibility index (Phi) is 5.66. The molecule has 20 heavy (non-hydrogen) atoms. The van der Waals surface area contributed by atoms with Crippen LogP contribution in [0.3, 0.4) is 0 Å². The monoisotopic (exact) mass is 449 g/mol. The third-order valence-electron chi connectivity index (χ3n) is 2.04. The van der Waals surface area contributed by atoms with Crippen LogP contribution < -0.4 is 10.2 Å². The molecule has 0 heterocycles. The summed E-state index contributed by atoms with van der Waals surface area (Å²) in [5, 5.41) is 31.8. The summed E-state index contributed by atoms with van der Waals surface area (Å²) >= 11 is 5.03. The Bertz CT molecular complexity index is 661. The van der Waals surface area contributed by atoms with Crippen molar-refractivity contribution in [3.63, 3.8) is 0 Å². The molecule has 0 saturated heterocycles. The van der Waals surface area contributed by atoms with Crippen molar-refractivity contribution in [1.29, 1.82) is 10.5 Å². The van der Waals surface area contributed by atoms with Crippen LogP contribution in [0.5, 0.6) is 5.75 Å². The molecule has 0 aliphatic rings. The van der Waals surface area contributed by atoms with Crippen LogP contribution in [0.1, 0.15) is 0 Å². The van der Waals surface area contributed by atoms with Crippen molar-refractivity contribution in [3.05, 3.63) is 24.2 Å². The average Bonchev–Trinajstić information content (AvgIpc) is 2.40. The van der Waals surface area contributed by atoms with Gasteiger partial charge in [0.1, 0.15) is 12.1 Å². The largest absolute Gasteiger partial charge is 0.489 e. The van der Waals surface area contributed by atoms with Gasteiger partial charge in [-0.2, -0.15) is 15.6 Å². The SMILES string of the molecule is COc1c(Br)cc(I)c(NN=C(C#N)C#N)c1[N+](=O)[O-]. The van der Waals surface area contributed by atoms with E-state index in [0.717, 1.165) is 0 Å². The van der Waals surface area contributed by atoms with E-state index >= 15 is 0 Å². The predicted molar refractivity (Wildman–Crippen MR) is 82.3 cm³/mol. The molecule has 0 aromatic heterocycles. The van der Waals surface area contributed by atoms with Gasteiger partial charge in [-0.15, -0.1) is 0 Å². The van der Waals surface area contributed by atoms with Gasteiger partial charge in [-0.1, -0.05) is 0 Å². The van der Waals surface area contributed by atoms with Gasteiger partial charge in [0, 0.05) is 3.57 Å². The fraction of sp³-hybridized carbons (Fsp3) is 0.100. The van der Waals surface area contributed by atoms with E-state index in [0.29, 0.717) is 8.04 Å². The quantitative estimate of drug-likeness (QED) is 0.326. The molecule has 0 spiro atoms. The third-order valence-corrected chi connectivity index (χ3v) is 3.48. The van der Waals surface area contributed by atoms with Gasteiger partial charge in [0.25, 0.3) is 0 Å².